The number of fused-ring (bicyclic) bond motifs is 3. The van der Waals surface area contributed by atoms with Crippen LogP contribution in [0.2, 0.25) is 0 Å². The van der Waals surface area contributed by atoms with Crippen LogP contribution in [0.25, 0.3) is 93.8 Å². The Hall–Kier alpha value is -6.96. The van der Waals surface area contributed by atoms with Crippen molar-refractivity contribution in [3.8, 4) is 61.3 Å². The lowest BCUT2D eigenvalue weighted by atomic mass is 9.89. The average Bonchev–Trinajstić information content (AvgIpc) is 3.67. The van der Waals surface area contributed by atoms with Crippen molar-refractivity contribution in [1.29, 1.82) is 0 Å². The Labute approximate surface area is 309 Å². The van der Waals surface area contributed by atoms with Crippen LogP contribution in [-0.2, 0) is 0 Å². The summed E-state index contributed by atoms with van der Waals surface area (Å²) in [5.41, 5.74) is 14.4. The minimum absolute atomic E-state index is 1.19. The van der Waals surface area contributed by atoms with Crippen molar-refractivity contribution in [3.05, 3.63) is 212 Å². The minimum Gasteiger partial charge on any atom is -0.316 e. The summed E-state index contributed by atoms with van der Waals surface area (Å²) in [6, 6.07) is 75.2. The molecule has 0 aliphatic heterocycles. The number of aromatic nitrogens is 1. The van der Waals surface area contributed by atoms with Crippen molar-refractivity contribution in [1.82, 2.24) is 4.57 Å². The summed E-state index contributed by atoms with van der Waals surface area (Å²) in [7, 11) is 0. The van der Waals surface area contributed by atoms with Gasteiger partial charge in [-0.1, -0.05) is 140 Å². The first-order chi connectivity index (χ1) is 26.2. The summed E-state index contributed by atoms with van der Waals surface area (Å²) < 4.78 is 2.32. The summed E-state index contributed by atoms with van der Waals surface area (Å²) >= 11 is 0. The zero-order valence-electron chi connectivity index (χ0n) is 29.2. The third-order valence-electron chi connectivity index (χ3n) is 10.5. The second-order valence-corrected chi connectivity index (χ2v) is 13.8. The molecule has 0 saturated heterocycles. The SMILES string of the molecule is c1ccc(-c2cc(-c3ccccc3)cc(-c3cc(-c4ccc5ccccc5c4)cc(-c4ccc5c(ccn5-c5cccc6ccccc56)c4)c3)c2)cc1. The van der Waals surface area contributed by atoms with Crippen LogP contribution < -0.4 is 0 Å². The van der Waals surface area contributed by atoms with E-state index in [1.807, 2.05) is 0 Å². The topological polar surface area (TPSA) is 4.93 Å². The van der Waals surface area contributed by atoms with Crippen molar-refractivity contribution in [2.75, 3.05) is 0 Å². The molecule has 10 rings (SSSR count). The van der Waals surface area contributed by atoms with E-state index in [0.29, 0.717) is 0 Å². The summed E-state index contributed by atoms with van der Waals surface area (Å²) in [5.74, 6) is 0. The van der Waals surface area contributed by atoms with Crippen LogP contribution in [0.15, 0.2) is 212 Å². The molecule has 0 unspecified atom stereocenters. The maximum Gasteiger partial charge on any atom is 0.0534 e. The molecule has 0 saturated carbocycles. The summed E-state index contributed by atoms with van der Waals surface area (Å²) in [6.45, 7) is 0. The largest absolute Gasteiger partial charge is 0.316 e. The van der Waals surface area contributed by atoms with Gasteiger partial charge >= 0.3 is 0 Å². The summed E-state index contributed by atoms with van der Waals surface area (Å²) in [6.07, 6.45) is 2.20. The van der Waals surface area contributed by atoms with Gasteiger partial charge in [-0.3, -0.25) is 0 Å². The Bertz CT molecular complexity index is 2870. The van der Waals surface area contributed by atoms with Gasteiger partial charge in [-0.25, -0.2) is 0 Å². The predicted molar refractivity (Wildman–Crippen MR) is 225 cm³/mol. The van der Waals surface area contributed by atoms with Crippen molar-refractivity contribution >= 4 is 32.4 Å². The third kappa shape index (κ3) is 5.79. The molecule has 0 aliphatic carbocycles. The van der Waals surface area contributed by atoms with Gasteiger partial charge in [-0.05, 0) is 139 Å². The molecule has 0 bridgehead atoms. The van der Waals surface area contributed by atoms with Gasteiger partial charge in [0.05, 0.1) is 11.2 Å². The highest BCUT2D eigenvalue weighted by Crippen LogP contribution is 2.39. The second-order valence-electron chi connectivity index (χ2n) is 13.8. The maximum absolute atomic E-state index is 2.37. The van der Waals surface area contributed by atoms with Crippen molar-refractivity contribution in [2.45, 2.75) is 0 Å². The molecular formula is C52H35N. The lowest BCUT2D eigenvalue weighted by Crippen LogP contribution is -1.93. The molecule has 1 nitrogen and oxygen atoms in total. The lowest BCUT2D eigenvalue weighted by Gasteiger charge is -2.15. The molecule has 9 aromatic carbocycles. The molecule has 248 valence electrons. The number of benzene rings is 9. The number of nitrogens with zero attached hydrogens (tertiary/aromatic N) is 1. The quantitative estimate of drug-likeness (QED) is 0.166. The molecular weight excluding hydrogens is 639 g/mol. The Morgan fingerprint density at radius 3 is 1.36 bits per heavy atom. The summed E-state index contributed by atoms with van der Waals surface area (Å²) in [5, 5.41) is 6.19. The van der Waals surface area contributed by atoms with Gasteiger partial charge in [-0.2, -0.15) is 0 Å². The van der Waals surface area contributed by atoms with Crippen molar-refractivity contribution < 1.29 is 0 Å². The molecule has 0 aliphatic rings. The molecule has 0 amide bonds. The molecule has 53 heavy (non-hydrogen) atoms. The predicted octanol–water partition coefficient (Wildman–Crippen LogP) is 14.3. The zero-order valence-corrected chi connectivity index (χ0v) is 29.2. The van der Waals surface area contributed by atoms with E-state index in [1.54, 1.807) is 0 Å². The van der Waals surface area contributed by atoms with E-state index < -0.39 is 0 Å². The standard InChI is InChI=1S/C52H35N/c1-3-12-36(13-4-1)44-30-45(37-14-5-2-6-15-37)32-48(31-44)49-34-46(41-23-22-38-16-7-8-18-40(38)28-41)33-47(35-49)42-24-25-51-43(29-42)26-27-53(51)52-21-11-19-39-17-9-10-20-50(39)52/h1-35H. The molecule has 0 atom stereocenters. The molecule has 0 N–H and O–H groups in total. The molecule has 1 heterocycles. The first kappa shape index (κ1) is 30.8. The second kappa shape index (κ2) is 13.0. The Morgan fingerprint density at radius 2 is 0.717 bits per heavy atom. The van der Waals surface area contributed by atoms with Crippen LogP contribution in [0.1, 0.15) is 0 Å². The van der Waals surface area contributed by atoms with Gasteiger partial charge in [0, 0.05) is 17.0 Å². The fourth-order valence-electron chi connectivity index (χ4n) is 7.84. The van der Waals surface area contributed by atoms with Crippen LogP contribution in [0.4, 0.5) is 0 Å². The number of hydrogen-bond acceptors (Lipinski definition) is 0. The summed E-state index contributed by atoms with van der Waals surface area (Å²) in [4.78, 5) is 0. The van der Waals surface area contributed by atoms with Gasteiger partial charge in [0.25, 0.3) is 0 Å². The van der Waals surface area contributed by atoms with Crippen molar-refractivity contribution in [3.63, 3.8) is 0 Å². The lowest BCUT2D eigenvalue weighted by molar-refractivity contribution is 1.14. The Morgan fingerprint density at radius 1 is 0.245 bits per heavy atom. The van der Waals surface area contributed by atoms with Gasteiger partial charge in [0.2, 0.25) is 0 Å². The highest BCUT2D eigenvalue weighted by molar-refractivity contribution is 5.95. The third-order valence-corrected chi connectivity index (χ3v) is 10.5. The van der Waals surface area contributed by atoms with E-state index in [9.17, 15) is 0 Å². The highest BCUT2D eigenvalue weighted by Gasteiger charge is 2.14. The molecule has 0 radical (unpaired) electrons. The van der Waals surface area contributed by atoms with Crippen LogP contribution in [-0.4, -0.2) is 4.57 Å². The fraction of sp³-hybridized carbons (Fsp3) is 0. The zero-order chi connectivity index (χ0) is 35.1. The van der Waals surface area contributed by atoms with Crippen LogP contribution >= 0.6 is 0 Å². The number of hydrogen-bond donors (Lipinski definition) is 0. The highest BCUT2D eigenvalue weighted by atomic mass is 15.0. The van der Waals surface area contributed by atoms with E-state index in [-0.39, 0.29) is 0 Å². The first-order valence-corrected chi connectivity index (χ1v) is 18.2. The van der Waals surface area contributed by atoms with E-state index in [4.69, 9.17) is 0 Å². The van der Waals surface area contributed by atoms with Crippen LogP contribution in [0.3, 0.4) is 0 Å². The number of rotatable bonds is 6. The Balaban J connectivity index is 1.16. The van der Waals surface area contributed by atoms with Gasteiger partial charge in [0.1, 0.15) is 0 Å². The van der Waals surface area contributed by atoms with Gasteiger partial charge < -0.3 is 4.57 Å². The molecule has 10 aromatic rings. The van der Waals surface area contributed by atoms with E-state index >= 15 is 0 Å². The van der Waals surface area contributed by atoms with Crippen LogP contribution in [0.5, 0.6) is 0 Å². The minimum atomic E-state index is 1.19. The average molecular weight is 674 g/mol. The van der Waals surface area contributed by atoms with Gasteiger partial charge in [-0.15, -0.1) is 0 Å². The normalized spacial score (nSPS) is 11.4. The Kier molecular flexibility index (Phi) is 7.55. The van der Waals surface area contributed by atoms with E-state index in [0.717, 1.165) is 0 Å². The fourth-order valence-corrected chi connectivity index (χ4v) is 7.84. The molecule has 1 heteroatoms. The molecule has 1 aromatic heterocycles. The van der Waals surface area contributed by atoms with Crippen LogP contribution in [0, 0.1) is 0 Å². The van der Waals surface area contributed by atoms with Gasteiger partial charge in [0.15, 0.2) is 0 Å². The monoisotopic (exact) mass is 673 g/mol. The first-order valence-electron chi connectivity index (χ1n) is 18.2. The van der Waals surface area contributed by atoms with Crippen molar-refractivity contribution in [2.24, 2.45) is 0 Å². The maximum atomic E-state index is 2.37. The van der Waals surface area contributed by atoms with E-state index in [1.165, 1.54) is 93.8 Å². The smallest absolute Gasteiger partial charge is 0.0534 e. The van der Waals surface area contributed by atoms with E-state index in [2.05, 4.69) is 217 Å². The molecule has 0 fully saturated rings. The molecule has 0 spiro atoms.